The number of piperidine rings is 1. The molecular weight excluding hydrogens is 512 g/mol. The van der Waals surface area contributed by atoms with Gasteiger partial charge in [0.05, 0.1) is 25.1 Å². The number of benzene rings is 1. The summed E-state index contributed by atoms with van der Waals surface area (Å²) >= 11 is 0. The fraction of sp³-hybridized carbons (Fsp3) is 0.480. The van der Waals surface area contributed by atoms with E-state index in [1.807, 2.05) is 25.2 Å². The average molecular weight is 545 g/mol. The maximum absolute atomic E-state index is 13.2. The first-order chi connectivity index (χ1) is 18.1. The highest BCUT2D eigenvalue weighted by molar-refractivity contribution is 7.89. The highest BCUT2D eigenvalue weighted by Crippen LogP contribution is 2.37. The van der Waals surface area contributed by atoms with Crippen molar-refractivity contribution in [1.29, 1.82) is 0 Å². The van der Waals surface area contributed by atoms with Crippen LogP contribution in [0.1, 0.15) is 23.4 Å². The number of likely N-dealkylation sites (N-methyl/N-ethyl adjacent to an activating group) is 1. The zero-order valence-corrected chi connectivity index (χ0v) is 22.2. The summed E-state index contributed by atoms with van der Waals surface area (Å²) in [6, 6.07) is 4.96. The molecule has 38 heavy (non-hydrogen) atoms. The number of aryl methyl sites for hydroxylation is 1. The van der Waals surface area contributed by atoms with Crippen molar-refractivity contribution in [3.63, 3.8) is 0 Å². The Morgan fingerprint density at radius 3 is 2.66 bits per heavy atom. The van der Waals surface area contributed by atoms with Crippen LogP contribution in [-0.4, -0.2) is 96.5 Å². The number of sulfonamides is 1. The van der Waals surface area contributed by atoms with Crippen LogP contribution in [0, 0.1) is 5.41 Å². The standard InChI is InChI=1S/C25H32N6O6S/c1-29-14-20(32)11-28-38(34,35)23-4-3-18(19-10-27-30(2)13-19)9-21(23)36-16-25(15-29)5-7-31(8-6-25)24(33)22-12-26-17-37-22/h3-4,9-10,12-13,17,20,28,32H,5-8,11,14-16H2,1-2H3. The monoisotopic (exact) mass is 544 g/mol. The quantitative estimate of drug-likeness (QED) is 0.482. The molecule has 1 fully saturated rings. The van der Waals surface area contributed by atoms with Crippen LogP contribution in [0.2, 0.25) is 0 Å². The molecule has 0 saturated carbocycles. The topological polar surface area (TPSA) is 143 Å². The second-order valence-corrected chi connectivity index (χ2v) is 11.9. The molecule has 2 aliphatic heterocycles. The van der Waals surface area contributed by atoms with Crippen molar-refractivity contribution in [2.75, 3.05) is 46.4 Å². The van der Waals surface area contributed by atoms with Gasteiger partial charge < -0.3 is 24.1 Å². The van der Waals surface area contributed by atoms with Crippen molar-refractivity contribution in [3.05, 3.63) is 48.9 Å². The number of oxazole rings is 1. The van der Waals surface area contributed by atoms with E-state index in [9.17, 15) is 18.3 Å². The van der Waals surface area contributed by atoms with Crippen molar-refractivity contribution < 1.29 is 27.5 Å². The highest BCUT2D eigenvalue weighted by atomic mass is 32.2. The van der Waals surface area contributed by atoms with Gasteiger partial charge in [-0.2, -0.15) is 5.10 Å². The Bertz CT molecular complexity index is 1380. The number of hydrogen-bond donors (Lipinski definition) is 2. The number of aliphatic hydroxyl groups excluding tert-OH is 1. The molecule has 4 heterocycles. The van der Waals surface area contributed by atoms with Crippen LogP contribution in [0.15, 0.2) is 52.5 Å². The fourth-order valence-corrected chi connectivity index (χ4v) is 6.38. The molecule has 204 valence electrons. The first-order valence-corrected chi connectivity index (χ1v) is 13.9. The number of nitrogens with zero attached hydrogens (tertiary/aromatic N) is 5. The Hall–Kier alpha value is -3.26. The molecule has 12 nitrogen and oxygen atoms in total. The molecule has 1 unspecified atom stereocenters. The third kappa shape index (κ3) is 5.60. The molecule has 1 amide bonds. The van der Waals surface area contributed by atoms with Gasteiger partial charge in [-0.05, 0) is 37.6 Å². The van der Waals surface area contributed by atoms with Gasteiger partial charge in [0.1, 0.15) is 10.6 Å². The number of β-amino-alcohol motifs (C(OH)–C–C–N with tert-alkyl or cyclic N) is 1. The summed E-state index contributed by atoms with van der Waals surface area (Å²) in [5, 5.41) is 14.8. The summed E-state index contributed by atoms with van der Waals surface area (Å²) in [6.45, 7) is 2.00. The number of fused-ring (bicyclic) bond motifs is 1. The van der Waals surface area contributed by atoms with Crippen LogP contribution in [0.3, 0.4) is 0 Å². The van der Waals surface area contributed by atoms with Gasteiger partial charge in [0, 0.05) is 56.9 Å². The molecule has 2 aromatic heterocycles. The number of hydrogen-bond acceptors (Lipinski definition) is 9. The number of carbonyl (C=O) groups excluding carboxylic acids is 1. The van der Waals surface area contributed by atoms with E-state index in [-0.39, 0.29) is 47.4 Å². The zero-order valence-electron chi connectivity index (χ0n) is 21.4. The fourth-order valence-electron chi connectivity index (χ4n) is 5.18. The van der Waals surface area contributed by atoms with Gasteiger partial charge in [0.15, 0.2) is 6.39 Å². The lowest BCUT2D eigenvalue weighted by Crippen LogP contribution is -2.51. The maximum Gasteiger partial charge on any atom is 0.291 e. The lowest BCUT2D eigenvalue weighted by Gasteiger charge is -2.43. The first kappa shape index (κ1) is 26.4. The predicted octanol–water partition coefficient (Wildman–Crippen LogP) is 0.961. The number of aromatic nitrogens is 3. The number of aliphatic hydroxyl groups is 1. The molecule has 1 saturated heterocycles. The van der Waals surface area contributed by atoms with Crippen molar-refractivity contribution in [2.24, 2.45) is 12.5 Å². The number of likely N-dealkylation sites (tertiary alicyclic amines) is 1. The molecule has 13 heteroatoms. The predicted molar refractivity (Wildman–Crippen MR) is 137 cm³/mol. The average Bonchev–Trinajstić information content (AvgIpc) is 3.58. The van der Waals surface area contributed by atoms with Crippen LogP contribution in [0.5, 0.6) is 5.75 Å². The van der Waals surface area contributed by atoms with E-state index in [1.54, 1.807) is 27.9 Å². The number of rotatable bonds is 2. The van der Waals surface area contributed by atoms with E-state index in [0.717, 1.165) is 11.1 Å². The van der Waals surface area contributed by atoms with E-state index >= 15 is 0 Å². The normalized spacial score (nSPS) is 22.2. The zero-order chi connectivity index (χ0) is 26.9. The third-order valence-corrected chi connectivity index (χ3v) is 8.66. The van der Waals surface area contributed by atoms with Crippen LogP contribution in [-0.2, 0) is 17.1 Å². The second-order valence-electron chi connectivity index (χ2n) is 10.2. The Morgan fingerprint density at radius 2 is 1.97 bits per heavy atom. The van der Waals surface area contributed by atoms with Gasteiger partial charge in [0.25, 0.3) is 5.91 Å². The number of nitrogens with one attached hydrogen (secondary N) is 1. The minimum atomic E-state index is -3.94. The van der Waals surface area contributed by atoms with Crippen LogP contribution < -0.4 is 9.46 Å². The first-order valence-electron chi connectivity index (χ1n) is 12.4. The SMILES string of the molecule is CN1CC(O)CNS(=O)(=O)c2ccc(-c3cnn(C)c3)cc2OCC2(CCN(C(=O)c3cnco3)CC2)C1. The molecule has 0 radical (unpaired) electrons. The van der Waals surface area contributed by atoms with E-state index in [2.05, 4.69) is 14.8 Å². The molecule has 0 bridgehead atoms. The van der Waals surface area contributed by atoms with E-state index in [4.69, 9.17) is 9.15 Å². The Kier molecular flexibility index (Phi) is 7.27. The maximum atomic E-state index is 13.2. The minimum Gasteiger partial charge on any atom is -0.492 e. The summed E-state index contributed by atoms with van der Waals surface area (Å²) in [7, 11) is -0.237. The lowest BCUT2D eigenvalue weighted by atomic mass is 9.78. The lowest BCUT2D eigenvalue weighted by molar-refractivity contribution is 0.0149. The van der Waals surface area contributed by atoms with Crippen molar-refractivity contribution in [1.82, 2.24) is 29.3 Å². The van der Waals surface area contributed by atoms with Crippen molar-refractivity contribution in [3.8, 4) is 16.9 Å². The van der Waals surface area contributed by atoms with Crippen molar-refractivity contribution in [2.45, 2.75) is 23.8 Å². The molecule has 1 aromatic carbocycles. The largest absolute Gasteiger partial charge is 0.492 e. The van der Waals surface area contributed by atoms with Crippen LogP contribution in [0.4, 0.5) is 0 Å². The molecular formula is C25H32N6O6S. The molecule has 1 atom stereocenters. The second kappa shape index (κ2) is 10.5. The Morgan fingerprint density at radius 1 is 1.18 bits per heavy atom. The third-order valence-electron chi connectivity index (χ3n) is 7.20. The van der Waals surface area contributed by atoms with Crippen LogP contribution >= 0.6 is 0 Å². The molecule has 3 aromatic rings. The van der Waals surface area contributed by atoms with E-state index in [1.165, 1.54) is 18.7 Å². The molecule has 2 aliphatic rings. The molecule has 2 N–H and O–H groups in total. The summed E-state index contributed by atoms with van der Waals surface area (Å²) < 4.78 is 42.1. The number of carbonyl (C=O) groups is 1. The van der Waals surface area contributed by atoms with Gasteiger partial charge >= 0.3 is 0 Å². The summed E-state index contributed by atoms with van der Waals surface area (Å²) in [6.07, 6.45) is 6.58. The van der Waals surface area contributed by atoms with E-state index in [0.29, 0.717) is 32.5 Å². The number of amides is 1. The number of ether oxygens (including phenoxy) is 1. The van der Waals surface area contributed by atoms with Gasteiger partial charge in [-0.25, -0.2) is 18.1 Å². The Balaban J connectivity index is 1.45. The molecule has 5 rings (SSSR count). The van der Waals surface area contributed by atoms with Gasteiger partial charge in [-0.1, -0.05) is 6.07 Å². The van der Waals surface area contributed by atoms with E-state index < -0.39 is 16.1 Å². The minimum absolute atomic E-state index is 0.0133. The Labute approximate surface area is 221 Å². The summed E-state index contributed by atoms with van der Waals surface area (Å²) in [5.41, 5.74) is 1.24. The van der Waals surface area contributed by atoms with Gasteiger partial charge in [-0.3, -0.25) is 9.48 Å². The smallest absolute Gasteiger partial charge is 0.291 e. The highest BCUT2D eigenvalue weighted by Gasteiger charge is 2.39. The van der Waals surface area contributed by atoms with Crippen molar-refractivity contribution >= 4 is 15.9 Å². The molecule has 0 aliphatic carbocycles. The summed E-state index contributed by atoms with van der Waals surface area (Å²) in [5.74, 6) is 0.223. The van der Waals surface area contributed by atoms with Gasteiger partial charge in [-0.15, -0.1) is 0 Å². The molecule has 1 spiro atoms. The van der Waals surface area contributed by atoms with Crippen LogP contribution in [0.25, 0.3) is 11.1 Å². The van der Waals surface area contributed by atoms with Gasteiger partial charge in [0.2, 0.25) is 15.8 Å². The summed E-state index contributed by atoms with van der Waals surface area (Å²) in [4.78, 5) is 20.4.